The number of methoxy groups -OCH3 is 2. The molecule has 1 amide bonds. The first kappa shape index (κ1) is 19.2. The Labute approximate surface area is 166 Å². The van der Waals surface area contributed by atoms with E-state index in [0.29, 0.717) is 16.0 Å². The van der Waals surface area contributed by atoms with Gasteiger partial charge in [0, 0.05) is 10.9 Å². The van der Waals surface area contributed by atoms with Crippen molar-refractivity contribution in [1.29, 1.82) is 0 Å². The second-order valence-corrected chi connectivity index (χ2v) is 6.93. The number of benzene rings is 2. The lowest BCUT2D eigenvalue weighted by Gasteiger charge is -2.11. The Kier molecular flexibility index (Phi) is 5.71. The molecule has 3 rings (SSSR count). The number of anilines is 1. The SMILES string of the molecule is COc1cc(C(=O)Nc2nc(-c3c(F)cccc3F)cs2)cc(OC)c1Br. The topological polar surface area (TPSA) is 60.5 Å². The van der Waals surface area contributed by atoms with E-state index in [2.05, 4.69) is 26.2 Å². The zero-order valence-corrected chi connectivity index (χ0v) is 16.6. The van der Waals surface area contributed by atoms with Gasteiger partial charge in [-0.15, -0.1) is 11.3 Å². The number of nitrogens with one attached hydrogen (secondary N) is 1. The first-order chi connectivity index (χ1) is 12.9. The van der Waals surface area contributed by atoms with Crippen LogP contribution in [0.25, 0.3) is 11.3 Å². The third-order valence-electron chi connectivity index (χ3n) is 3.65. The molecule has 2 aromatic carbocycles. The fraction of sp³-hybridized carbons (Fsp3) is 0.111. The fourth-order valence-electron chi connectivity index (χ4n) is 2.36. The van der Waals surface area contributed by atoms with Crippen molar-refractivity contribution in [2.75, 3.05) is 19.5 Å². The van der Waals surface area contributed by atoms with E-state index >= 15 is 0 Å². The predicted molar refractivity (Wildman–Crippen MR) is 103 cm³/mol. The van der Waals surface area contributed by atoms with Gasteiger partial charge in [-0.05, 0) is 40.2 Å². The van der Waals surface area contributed by atoms with Gasteiger partial charge in [0.25, 0.3) is 5.91 Å². The minimum Gasteiger partial charge on any atom is -0.495 e. The average Bonchev–Trinajstić information content (AvgIpc) is 3.09. The fourth-order valence-corrected chi connectivity index (χ4v) is 3.61. The molecule has 9 heteroatoms. The molecule has 0 aliphatic rings. The van der Waals surface area contributed by atoms with Gasteiger partial charge in [0.05, 0.1) is 25.5 Å². The van der Waals surface area contributed by atoms with Gasteiger partial charge >= 0.3 is 0 Å². The van der Waals surface area contributed by atoms with Crippen molar-refractivity contribution in [3.8, 4) is 22.8 Å². The molecule has 0 atom stereocenters. The van der Waals surface area contributed by atoms with Gasteiger partial charge < -0.3 is 9.47 Å². The van der Waals surface area contributed by atoms with Crippen molar-refractivity contribution < 1.29 is 23.0 Å². The molecule has 1 heterocycles. The smallest absolute Gasteiger partial charge is 0.257 e. The molecule has 0 radical (unpaired) electrons. The summed E-state index contributed by atoms with van der Waals surface area (Å²) in [6.45, 7) is 0. The predicted octanol–water partition coefficient (Wildman–Crippen LogP) is 5.12. The second-order valence-electron chi connectivity index (χ2n) is 5.28. The second kappa shape index (κ2) is 8.01. The first-order valence-electron chi connectivity index (χ1n) is 7.57. The minimum atomic E-state index is -0.722. The van der Waals surface area contributed by atoms with Gasteiger partial charge in [0.1, 0.15) is 27.6 Å². The molecule has 3 aromatic rings. The number of halogens is 3. The Morgan fingerprint density at radius 1 is 1.15 bits per heavy atom. The molecule has 0 saturated carbocycles. The third-order valence-corrected chi connectivity index (χ3v) is 5.19. The number of hydrogen-bond donors (Lipinski definition) is 1. The maximum Gasteiger partial charge on any atom is 0.257 e. The van der Waals surface area contributed by atoms with Crippen LogP contribution in [0.15, 0.2) is 40.2 Å². The Bertz CT molecular complexity index is 965. The van der Waals surface area contributed by atoms with E-state index in [1.807, 2.05) is 0 Å². The maximum atomic E-state index is 13.9. The molecular weight excluding hydrogens is 442 g/mol. The molecule has 5 nitrogen and oxygen atoms in total. The van der Waals surface area contributed by atoms with E-state index in [1.165, 1.54) is 37.8 Å². The van der Waals surface area contributed by atoms with Crippen LogP contribution in [0.2, 0.25) is 0 Å². The lowest BCUT2D eigenvalue weighted by molar-refractivity contribution is 0.102. The van der Waals surface area contributed by atoms with Gasteiger partial charge in [0.2, 0.25) is 0 Å². The van der Waals surface area contributed by atoms with Gasteiger partial charge in [-0.3, -0.25) is 10.1 Å². The standard InChI is InChI=1S/C18H13BrF2N2O3S/c1-25-13-6-9(7-14(26-2)16(13)19)17(24)23-18-22-12(8-27-18)15-10(20)4-3-5-11(15)21/h3-8H,1-2H3,(H,22,23,24). The van der Waals surface area contributed by atoms with Crippen LogP contribution in [0.5, 0.6) is 11.5 Å². The normalized spacial score (nSPS) is 10.6. The highest BCUT2D eigenvalue weighted by Gasteiger charge is 2.18. The number of amides is 1. The van der Waals surface area contributed by atoms with Crippen molar-refractivity contribution in [3.05, 3.63) is 57.4 Å². The molecule has 0 saturated heterocycles. The Morgan fingerprint density at radius 3 is 2.30 bits per heavy atom. The highest BCUT2D eigenvalue weighted by atomic mass is 79.9. The summed E-state index contributed by atoms with van der Waals surface area (Å²) >= 11 is 4.39. The van der Waals surface area contributed by atoms with Crippen LogP contribution in [-0.4, -0.2) is 25.1 Å². The number of nitrogens with zero attached hydrogens (tertiary/aromatic N) is 1. The average molecular weight is 455 g/mol. The molecular formula is C18H13BrF2N2O3S. The van der Waals surface area contributed by atoms with Gasteiger partial charge in [-0.1, -0.05) is 6.07 Å². The summed E-state index contributed by atoms with van der Waals surface area (Å²) in [5.41, 5.74) is 0.152. The molecule has 27 heavy (non-hydrogen) atoms. The molecule has 0 aliphatic carbocycles. The molecule has 0 spiro atoms. The number of hydrogen-bond acceptors (Lipinski definition) is 5. The maximum absolute atomic E-state index is 13.9. The van der Waals surface area contributed by atoms with Crippen LogP contribution in [0, 0.1) is 11.6 Å². The van der Waals surface area contributed by atoms with Crippen LogP contribution in [0.4, 0.5) is 13.9 Å². The Balaban J connectivity index is 1.87. The minimum absolute atomic E-state index is 0.108. The van der Waals surface area contributed by atoms with Crippen molar-refractivity contribution in [2.24, 2.45) is 0 Å². The summed E-state index contributed by atoms with van der Waals surface area (Å²) in [4.78, 5) is 16.6. The van der Waals surface area contributed by atoms with Crippen molar-refractivity contribution in [3.63, 3.8) is 0 Å². The molecule has 0 fully saturated rings. The summed E-state index contributed by atoms with van der Waals surface area (Å²) < 4.78 is 38.8. The molecule has 140 valence electrons. The molecule has 0 bridgehead atoms. The van der Waals surface area contributed by atoms with E-state index < -0.39 is 17.5 Å². The van der Waals surface area contributed by atoms with Crippen LogP contribution in [0.3, 0.4) is 0 Å². The van der Waals surface area contributed by atoms with Gasteiger partial charge in [0.15, 0.2) is 5.13 Å². The van der Waals surface area contributed by atoms with Crippen molar-refractivity contribution >= 4 is 38.3 Å². The number of aromatic nitrogens is 1. The molecule has 0 aliphatic heterocycles. The van der Waals surface area contributed by atoms with E-state index in [9.17, 15) is 13.6 Å². The Hall–Kier alpha value is -2.52. The zero-order chi connectivity index (χ0) is 19.6. The highest BCUT2D eigenvalue weighted by Crippen LogP contribution is 2.36. The van der Waals surface area contributed by atoms with Crippen molar-refractivity contribution in [1.82, 2.24) is 4.98 Å². The number of carbonyl (C=O) groups is 1. The highest BCUT2D eigenvalue weighted by molar-refractivity contribution is 9.10. The molecule has 1 N–H and O–H groups in total. The van der Waals surface area contributed by atoms with Crippen LogP contribution >= 0.6 is 27.3 Å². The van der Waals surface area contributed by atoms with E-state index in [4.69, 9.17) is 9.47 Å². The zero-order valence-electron chi connectivity index (χ0n) is 14.2. The number of ether oxygens (including phenoxy) is 2. The quantitative estimate of drug-likeness (QED) is 0.580. The first-order valence-corrected chi connectivity index (χ1v) is 9.24. The van der Waals surface area contributed by atoms with Gasteiger partial charge in [-0.25, -0.2) is 13.8 Å². The largest absolute Gasteiger partial charge is 0.495 e. The third kappa shape index (κ3) is 3.93. The molecule has 0 unspecified atom stereocenters. The van der Waals surface area contributed by atoms with Crippen LogP contribution in [0.1, 0.15) is 10.4 Å². The lowest BCUT2D eigenvalue weighted by Crippen LogP contribution is -2.12. The summed E-state index contributed by atoms with van der Waals surface area (Å²) in [5.74, 6) is -1.06. The summed E-state index contributed by atoms with van der Waals surface area (Å²) in [7, 11) is 2.94. The number of thiazole rings is 1. The van der Waals surface area contributed by atoms with Crippen molar-refractivity contribution in [2.45, 2.75) is 0 Å². The van der Waals surface area contributed by atoms with Gasteiger partial charge in [-0.2, -0.15) is 0 Å². The van der Waals surface area contributed by atoms with E-state index in [1.54, 1.807) is 0 Å². The summed E-state index contributed by atoms with van der Waals surface area (Å²) in [6, 6.07) is 6.64. The Morgan fingerprint density at radius 2 is 1.74 bits per heavy atom. The van der Waals surface area contributed by atoms with Crippen LogP contribution < -0.4 is 14.8 Å². The van der Waals surface area contributed by atoms with E-state index in [0.717, 1.165) is 23.5 Å². The monoisotopic (exact) mass is 454 g/mol. The summed E-state index contributed by atoms with van der Waals surface area (Å²) in [5, 5.41) is 4.29. The van der Waals surface area contributed by atoms with E-state index in [-0.39, 0.29) is 22.0 Å². The lowest BCUT2D eigenvalue weighted by atomic mass is 10.1. The summed E-state index contributed by atoms with van der Waals surface area (Å²) in [6.07, 6.45) is 0. The van der Waals surface area contributed by atoms with Crippen LogP contribution in [-0.2, 0) is 0 Å². The molecule has 1 aromatic heterocycles. The number of carbonyl (C=O) groups excluding carboxylic acids is 1. The number of rotatable bonds is 5.